The van der Waals surface area contributed by atoms with Crippen LogP contribution in [0.25, 0.3) is 0 Å². The number of carbonyl (C=O) groups is 3. The second-order valence-electron chi connectivity index (χ2n) is 9.82. The molecule has 1 aliphatic rings. The van der Waals surface area contributed by atoms with Crippen molar-refractivity contribution in [3.8, 4) is 0 Å². The molecule has 0 unspecified atom stereocenters. The zero-order chi connectivity index (χ0) is 25.7. The molecule has 2 heterocycles. The molecule has 2 atom stereocenters. The van der Waals surface area contributed by atoms with Crippen molar-refractivity contribution in [3.05, 3.63) is 101 Å². The number of hydrogen-bond donors (Lipinski definition) is 0. The summed E-state index contributed by atoms with van der Waals surface area (Å²) in [5, 5.41) is 0. The van der Waals surface area contributed by atoms with E-state index in [1.165, 1.54) is 4.90 Å². The Labute approximate surface area is 211 Å². The van der Waals surface area contributed by atoms with Crippen molar-refractivity contribution in [1.29, 1.82) is 0 Å². The van der Waals surface area contributed by atoms with Crippen LogP contribution in [-0.4, -0.2) is 46.1 Å². The second kappa shape index (κ2) is 10.7. The predicted octanol–water partition coefficient (Wildman–Crippen LogP) is 5.15. The first-order valence-electron chi connectivity index (χ1n) is 12.0. The maximum absolute atomic E-state index is 13.5. The van der Waals surface area contributed by atoms with E-state index < -0.39 is 23.6 Å². The number of rotatable bonds is 7. The summed E-state index contributed by atoms with van der Waals surface area (Å²) in [7, 11) is 0. The number of cyclic esters (lactones) is 1. The Balaban J connectivity index is 1.60. The summed E-state index contributed by atoms with van der Waals surface area (Å²) in [5.74, 6) is -1.26. The molecule has 2 amide bonds. The van der Waals surface area contributed by atoms with Gasteiger partial charge in [0, 0.05) is 24.2 Å². The summed E-state index contributed by atoms with van der Waals surface area (Å²) in [6.07, 6.45) is 1.53. The number of aromatic nitrogens is 1. The van der Waals surface area contributed by atoms with E-state index in [2.05, 4.69) is 4.98 Å². The van der Waals surface area contributed by atoms with Gasteiger partial charge in [-0.25, -0.2) is 14.5 Å². The van der Waals surface area contributed by atoms with Crippen LogP contribution in [0.2, 0.25) is 0 Å². The minimum Gasteiger partial charge on any atom is -0.456 e. The Hall–Kier alpha value is -4.00. The van der Waals surface area contributed by atoms with Gasteiger partial charge in [-0.1, -0.05) is 48.5 Å². The third kappa shape index (κ3) is 6.16. The Morgan fingerprint density at radius 2 is 1.81 bits per heavy atom. The average molecular weight is 487 g/mol. The number of esters is 1. The van der Waals surface area contributed by atoms with E-state index >= 15 is 0 Å². The van der Waals surface area contributed by atoms with Crippen molar-refractivity contribution in [2.75, 3.05) is 6.61 Å². The minimum absolute atomic E-state index is 0.00479. The first kappa shape index (κ1) is 25.1. The number of benzene rings is 2. The number of amides is 2. The Bertz CT molecular complexity index is 1220. The number of imide groups is 1. The van der Waals surface area contributed by atoms with Gasteiger partial charge in [0.2, 0.25) is 5.91 Å². The zero-order valence-corrected chi connectivity index (χ0v) is 20.7. The molecular weight excluding hydrogens is 456 g/mol. The van der Waals surface area contributed by atoms with Crippen molar-refractivity contribution in [2.45, 2.75) is 51.2 Å². The molecule has 2 aromatic carbocycles. The van der Waals surface area contributed by atoms with Crippen LogP contribution in [0.4, 0.5) is 4.79 Å². The third-order valence-corrected chi connectivity index (χ3v) is 5.89. The molecule has 4 rings (SSSR count). The van der Waals surface area contributed by atoms with Gasteiger partial charge in [-0.05, 0) is 62.6 Å². The fraction of sp³-hybridized carbons (Fsp3) is 0.310. The summed E-state index contributed by atoms with van der Waals surface area (Å²) in [4.78, 5) is 44.5. The molecule has 1 aliphatic heterocycles. The SMILES string of the molecule is CC(C)(C)OC(=O)c1cccc([C@@H](CC(=O)N2C(=O)OC[C@H]2Cc2ccccc2)c2ccccn2)c1. The van der Waals surface area contributed by atoms with Gasteiger partial charge < -0.3 is 9.47 Å². The topological polar surface area (TPSA) is 85.8 Å². The predicted molar refractivity (Wildman–Crippen MR) is 134 cm³/mol. The molecule has 0 aliphatic carbocycles. The van der Waals surface area contributed by atoms with Gasteiger partial charge in [-0.3, -0.25) is 9.78 Å². The summed E-state index contributed by atoms with van der Waals surface area (Å²) in [6.45, 7) is 5.59. The highest BCUT2D eigenvalue weighted by Crippen LogP contribution is 2.30. The molecule has 186 valence electrons. The maximum atomic E-state index is 13.5. The number of pyridine rings is 1. The summed E-state index contributed by atoms with van der Waals surface area (Å²) in [5.41, 5.74) is 2.17. The molecule has 0 bridgehead atoms. The van der Waals surface area contributed by atoms with Gasteiger partial charge in [-0.2, -0.15) is 0 Å². The molecular formula is C29H30N2O5. The molecule has 0 radical (unpaired) electrons. The van der Waals surface area contributed by atoms with Gasteiger partial charge in [0.05, 0.1) is 11.6 Å². The van der Waals surface area contributed by atoms with Crippen molar-refractivity contribution < 1.29 is 23.9 Å². The molecule has 3 aromatic rings. The van der Waals surface area contributed by atoms with Gasteiger partial charge in [0.1, 0.15) is 12.2 Å². The van der Waals surface area contributed by atoms with Crippen molar-refractivity contribution in [1.82, 2.24) is 9.88 Å². The maximum Gasteiger partial charge on any atom is 0.416 e. The summed E-state index contributed by atoms with van der Waals surface area (Å²) >= 11 is 0. The van der Waals surface area contributed by atoms with Gasteiger partial charge in [-0.15, -0.1) is 0 Å². The molecule has 0 spiro atoms. The van der Waals surface area contributed by atoms with Crippen molar-refractivity contribution in [3.63, 3.8) is 0 Å². The van der Waals surface area contributed by atoms with E-state index in [1.807, 2.05) is 69.3 Å². The van der Waals surface area contributed by atoms with E-state index in [-0.39, 0.29) is 25.0 Å². The standard InChI is InChI=1S/C29H30N2O5/c1-29(2,3)36-27(33)22-13-9-12-21(17-22)24(25-14-7-8-15-30-25)18-26(32)31-23(19-35-28(31)34)16-20-10-5-4-6-11-20/h4-15,17,23-24H,16,18-19H2,1-3H3/t23-,24-/m1/s1. The Kier molecular flexibility index (Phi) is 7.48. The first-order chi connectivity index (χ1) is 17.2. The van der Waals surface area contributed by atoms with Crippen LogP contribution in [0.15, 0.2) is 79.0 Å². The fourth-order valence-corrected chi connectivity index (χ4v) is 4.27. The summed E-state index contributed by atoms with van der Waals surface area (Å²) in [6, 6.07) is 21.8. The lowest BCUT2D eigenvalue weighted by Crippen LogP contribution is -2.40. The average Bonchev–Trinajstić information content (AvgIpc) is 3.22. The molecule has 1 fully saturated rings. The molecule has 36 heavy (non-hydrogen) atoms. The monoisotopic (exact) mass is 486 g/mol. The Morgan fingerprint density at radius 1 is 1.06 bits per heavy atom. The zero-order valence-electron chi connectivity index (χ0n) is 20.7. The van der Waals surface area contributed by atoms with Crippen LogP contribution in [0, 0.1) is 0 Å². The molecule has 0 N–H and O–H groups in total. The van der Waals surface area contributed by atoms with Gasteiger partial charge in [0.15, 0.2) is 0 Å². The van der Waals surface area contributed by atoms with Crippen LogP contribution >= 0.6 is 0 Å². The van der Waals surface area contributed by atoms with Crippen molar-refractivity contribution >= 4 is 18.0 Å². The van der Waals surface area contributed by atoms with Crippen LogP contribution in [0.5, 0.6) is 0 Å². The van der Waals surface area contributed by atoms with E-state index in [4.69, 9.17) is 9.47 Å². The van der Waals surface area contributed by atoms with E-state index in [0.29, 0.717) is 17.7 Å². The normalized spacial score (nSPS) is 16.4. The van der Waals surface area contributed by atoms with Crippen LogP contribution in [0.3, 0.4) is 0 Å². The highest BCUT2D eigenvalue weighted by Gasteiger charge is 2.39. The molecule has 1 aromatic heterocycles. The smallest absolute Gasteiger partial charge is 0.416 e. The fourth-order valence-electron chi connectivity index (χ4n) is 4.27. The highest BCUT2D eigenvalue weighted by molar-refractivity contribution is 5.94. The lowest BCUT2D eigenvalue weighted by Gasteiger charge is -2.24. The molecule has 0 saturated carbocycles. The van der Waals surface area contributed by atoms with E-state index in [9.17, 15) is 14.4 Å². The van der Waals surface area contributed by atoms with Gasteiger partial charge in [0.25, 0.3) is 0 Å². The molecule has 7 nitrogen and oxygen atoms in total. The highest BCUT2D eigenvalue weighted by atomic mass is 16.6. The van der Waals surface area contributed by atoms with Crippen LogP contribution in [0.1, 0.15) is 60.3 Å². The second-order valence-corrected chi connectivity index (χ2v) is 9.82. The van der Waals surface area contributed by atoms with Crippen LogP contribution in [-0.2, 0) is 20.7 Å². The lowest BCUT2D eigenvalue weighted by atomic mass is 9.90. The quantitative estimate of drug-likeness (QED) is 0.430. The van der Waals surface area contributed by atoms with Crippen molar-refractivity contribution in [2.24, 2.45) is 0 Å². The Morgan fingerprint density at radius 3 is 2.50 bits per heavy atom. The number of hydrogen-bond acceptors (Lipinski definition) is 6. The first-order valence-corrected chi connectivity index (χ1v) is 12.0. The molecule has 1 saturated heterocycles. The largest absolute Gasteiger partial charge is 0.456 e. The van der Waals surface area contributed by atoms with E-state index in [1.54, 1.807) is 30.5 Å². The number of ether oxygens (including phenoxy) is 2. The minimum atomic E-state index is -0.636. The van der Waals surface area contributed by atoms with Crippen LogP contribution < -0.4 is 0 Å². The lowest BCUT2D eigenvalue weighted by molar-refractivity contribution is -0.129. The number of carbonyl (C=O) groups excluding carboxylic acids is 3. The van der Waals surface area contributed by atoms with E-state index in [0.717, 1.165) is 11.1 Å². The summed E-state index contributed by atoms with van der Waals surface area (Å²) < 4.78 is 10.8. The van der Waals surface area contributed by atoms with Gasteiger partial charge >= 0.3 is 12.1 Å². The molecule has 7 heteroatoms. The third-order valence-electron chi connectivity index (χ3n) is 5.89. The number of nitrogens with zero attached hydrogens (tertiary/aromatic N) is 2.